The summed E-state index contributed by atoms with van der Waals surface area (Å²) in [6.45, 7) is 4.64. The summed E-state index contributed by atoms with van der Waals surface area (Å²) in [5.74, 6) is -1.15. The van der Waals surface area contributed by atoms with Crippen LogP contribution in [-0.4, -0.2) is 48.1 Å². The number of carbonyl (C=O) groups is 2. The second-order valence-electron chi connectivity index (χ2n) is 6.43. The topological polar surface area (TPSA) is 58.6 Å². The van der Waals surface area contributed by atoms with Crippen molar-refractivity contribution in [1.29, 1.82) is 0 Å². The minimum Gasteiger partial charge on any atom is -0.375 e. The fourth-order valence-electron chi connectivity index (χ4n) is 3.41. The number of rotatable bonds is 3. The Morgan fingerprint density at radius 3 is 2.87 bits per heavy atom. The van der Waals surface area contributed by atoms with Gasteiger partial charge in [-0.15, -0.1) is 0 Å². The average molecular weight is 320 g/mol. The maximum atomic E-state index is 13.4. The van der Waals surface area contributed by atoms with Crippen LogP contribution in [-0.2, 0) is 9.53 Å². The molecule has 2 aliphatic rings. The van der Waals surface area contributed by atoms with Crippen molar-refractivity contribution in [1.82, 2.24) is 10.2 Å². The number of amides is 2. The van der Waals surface area contributed by atoms with Crippen molar-refractivity contribution in [2.75, 3.05) is 13.2 Å². The van der Waals surface area contributed by atoms with Crippen molar-refractivity contribution in [3.05, 3.63) is 35.6 Å². The van der Waals surface area contributed by atoms with Crippen LogP contribution in [0.15, 0.2) is 24.3 Å². The SMILES string of the molecule is CC(C)NC(=O)[C@@H]1CN(C(=O)c2cccc(F)c2)[C@H]2CCO[C@@H]12. The van der Waals surface area contributed by atoms with Gasteiger partial charge in [0.2, 0.25) is 5.91 Å². The Morgan fingerprint density at radius 1 is 1.39 bits per heavy atom. The zero-order chi connectivity index (χ0) is 16.6. The number of hydrogen-bond acceptors (Lipinski definition) is 3. The van der Waals surface area contributed by atoms with Gasteiger partial charge in [-0.25, -0.2) is 4.39 Å². The number of halogens is 1. The molecule has 2 saturated heterocycles. The van der Waals surface area contributed by atoms with Crippen molar-refractivity contribution in [2.24, 2.45) is 5.92 Å². The third-order valence-corrected chi connectivity index (χ3v) is 4.39. The predicted molar refractivity (Wildman–Crippen MR) is 82.4 cm³/mol. The Balaban J connectivity index is 1.80. The van der Waals surface area contributed by atoms with Gasteiger partial charge in [-0.1, -0.05) is 6.07 Å². The molecule has 0 aliphatic carbocycles. The predicted octanol–water partition coefficient (Wildman–Crippen LogP) is 1.58. The molecule has 3 rings (SSSR count). The fourth-order valence-corrected chi connectivity index (χ4v) is 3.41. The molecule has 3 atom stereocenters. The standard InChI is InChI=1S/C17H21FN2O3/c1-10(2)19-16(21)13-9-20(14-6-7-23-15(13)14)17(22)11-4-3-5-12(18)8-11/h3-5,8,10,13-15H,6-7,9H2,1-2H3,(H,19,21)/t13-,14+,15+/m1/s1. The van der Waals surface area contributed by atoms with Gasteiger partial charge < -0.3 is 15.0 Å². The smallest absolute Gasteiger partial charge is 0.254 e. The van der Waals surface area contributed by atoms with E-state index in [9.17, 15) is 14.0 Å². The van der Waals surface area contributed by atoms with E-state index < -0.39 is 5.82 Å². The quantitative estimate of drug-likeness (QED) is 0.920. The van der Waals surface area contributed by atoms with Crippen molar-refractivity contribution in [3.8, 4) is 0 Å². The lowest BCUT2D eigenvalue weighted by molar-refractivity contribution is -0.128. The summed E-state index contributed by atoms with van der Waals surface area (Å²) in [5, 5.41) is 2.89. The summed E-state index contributed by atoms with van der Waals surface area (Å²) in [5.41, 5.74) is 0.306. The summed E-state index contributed by atoms with van der Waals surface area (Å²) >= 11 is 0. The number of fused-ring (bicyclic) bond motifs is 1. The van der Waals surface area contributed by atoms with Crippen molar-refractivity contribution >= 4 is 11.8 Å². The number of likely N-dealkylation sites (tertiary alicyclic amines) is 1. The Kier molecular flexibility index (Phi) is 4.35. The first-order chi connectivity index (χ1) is 11.0. The molecule has 0 saturated carbocycles. The van der Waals surface area contributed by atoms with E-state index in [1.54, 1.807) is 11.0 Å². The Hall–Kier alpha value is -1.95. The molecule has 0 radical (unpaired) electrons. The monoisotopic (exact) mass is 320 g/mol. The van der Waals surface area contributed by atoms with E-state index in [2.05, 4.69) is 5.32 Å². The Bertz CT molecular complexity index is 620. The van der Waals surface area contributed by atoms with Gasteiger partial charge in [0.05, 0.1) is 18.1 Å². The van der Waals surface area contributed by atoms with E-state index in [4.69, 9.17) is 4.74 Å². The lowest BCUT2D eigenvalue weighted by atomic mass is 10.0. The zero-order valence-corrected chi connectivity index (χ0v) is 13.3. The first-order valence-corrected chi connectivity index (χ1v) is 7.96. The molecule has 0 bridgehead atoms. The van der Waals surface area contributed by atoms with Crippen LogP contribution in [0.4, 0.5) is 4.39 Å². The number of hydrogen-bond donors (Lipinski definition) is 1. The molecule has 1 aromatic carbocycles. The molecule has 2 aliphatic heterocycles. The molecule has 6 heteroatoms. The first kappa shape index (κ1) is 15.9. The highest BCUT2D eigenvalue weighted by atomic mass is 19.1. The summed E-state index contributed by atoms with van der Waals surface area (Å²) in [7, 11) is 0. The van der Waals surface area contributed by atoms with E-state index >= 15 is 0 Å². The van der Waals surface area contributed by atoms with Gasteiger partial charge in [0.15, 0.2) is 0 Å². The second kappa shape index (κ2) is 6.28. The van der Waals surface area contributed by atoms with Crippen LogP contribution >= 0.6 is 0 Å². The normalized spacial score (nSPS) is 26.4. The molecule has 124 valence electrons. The maximum Gasteiger partial charge on any atom is 0.254 e. The van der Waals surface area contributed by atoms with Crippen molar-refractivity contribution in [2.45, 2.75) is 38.5 Å². The van der Waals surface area contributed by atoms with E-state index in [0.717, 1.165) is 0 Å². The van der Waals surface area contributed by atoms with Gasteiger partial charge in [-0.3, -0.25) is 9.59 Å². The molecule has 0 spiro atoms. The molecule has 2 amide bonds. The van der Waals surface area contributed by atoms with Crippen LogP contribution in [0.1, 0.15) is 30.6 Å². The minimum absolute atomic E-state index is 0.0373. The van der Waals surface area contributed by atoms with E-state index in [1.165, 1.54) is 18.2 Å². The third-order valence-electron chi connectivity index (χ3n) is 4.39. The number of carbonyl (C=O) groups excluding carboxylic acids is 2. The van der Waals surface area contributed by atoms with E-state index in [1.807, 2.05) is 13.8 Å². The Morgan fingerprint density at radius 2 is 2.17 bits per heavy atom. The summed E-state index contributed by atoms with van der Waals surface area (Å²) in [4.78, 5) is 26.7. The van der Waals surface area contributed by atoms with Gasteiger partial charge in [-0.05, 0) is 38.5 Å². The van der Waals surface area contributed by atoms with E-state index in [-0.39, 0.29) is 35.9 Å². The maximum absolute atomic E-state index is 13.4. The molecule has 5 nitrogen and oxygen atoms in total. The van der Waals surface area contributed by atoms with Gasteiger partial charge in [-0.2, -0.15) is 0 Å². The molecular formula is C17H21FN2O3. The summed E-state index contributed by atoms with van der Waals surface area (Å²) in [6, 6.07) is 5.57. The van der Waals surface area contributed by atoms with Crippen LogP contribution in [0.3, 0.4) is 0 Å². The molecular weight excluding hydrogens is 299 g/mol. The van der Waals surface area contributed by atoms with Crippen LogP contribution in [0.2, 0.25) is 0 Å². The average Bonchev–Trinajstić information content (AvgIpc) is 3.07. The van der Waals surface area contributed by atoms with Gasteiger partial charge >= 0.3 is 0 Å². The highest BCUT2D eigenvalue weighted by Crippen LogP contribution is 2.34. The lowest BCUT2D eigenvalue weighted by Crippen LogP contribution is -2.41. The molecule has 0 aromatic heterocycles. The first-order valence-electron chi connectivity index (χ1n) is 7.96. The molecule has 1 aromatic rings. The lowest BCUT2D eigenvalue weighted by Gasteiger charge is -2.22. The molecule has 1 N–H and O–H groups in total. The number of nitrogens with one attached hydrogen (secondary N) is 1. The van der Waals surface area contributed by atoms with Crippen LogP contribution < -0.4 is 5.32 Å². The van der Waals surface area contributed by atoms with Gasteiger partial charge in [0.1, 0.15) is 5.82 Å². The highest BCUT2D eigenvalue weighted by Gasteiger charge is 2.50. The van der Waals surface area contributed by atoms with Gasteiger partial charge in [0, 0.05) is 24.8 Å². The van der Waals surface area contributed by atoms with Crippen LogP contribution in [0, 0.1) is 11.7 Å². The summed E-state index contributed by atoms with van der Waals surface area (Å²) < 4.78 is 19.1. The van der Waals surface area contributed by atoms with Crippen molar-refractivity contribution < 1.29 is 18.7 Å². The van der Waals surface area contributed by atoms with Crippen LogP contribution in [0.5, 0.6) is 0 Å². The molecule has 23 heavy (non-hydrogen) atoms. The Labute approximate surface area is 134 Å². The van der Waals surface area contributed by atoms with Crippen LogP contribution in [0.25, 0.3) is 0 Å². The molecule has 0 unspecified atom stereocenters. The van der Waals surface area contributed by atoms with Gasteiger partial charge in [0.25, 0.3) is 5.91 Å². The third kappa shape index (κ3) is 3.08. The summed E-state index contributed by atoms with van der Waals surface area (Å²) in [6.07, 6.45) is 0.434. The molecule has 2 heterocycles. The zero-order valence-electron chi connectivity index (χ0n) is 13.3. The van der Waals surface area contributed by atoms with E-state index in [0.29, 0.717) is 25.1 Å². The number of nitrogens with zero attached hydrogens (tertiary/aromatic N) is 1. The second-order valence-corrected chi connectivity index (χ2v) is 6.43. The largest absolute Gasteiger partial charge is 0.375 e. The fraction of sp³-hybridized carbons (Fsp3) is 0.529. The minimum atomic E-state index is -0.441. The number of ether oxygens (including phenoxy) is 1. The molecule has 2 fully saturated rings. The highest BCUT2D eigenvalue weighted by molar-refractivity contribution is 5.95. The van der Waals surface area contributed by atoms with Crippen molar-refractivity contribution in [3.63, 3.8) is 0 Å². The number of benzene rings is 1.